The number of aliphatic hydroxyl groups is 1. The molecule has 4 nitrogen and oxygen atoms in total. The van der Waals surface area contributed by atoms with E-state index < -0.39 is 11.7 Å². The molecule has 1 fully saturated rings. The zero-order valence-corrected chi connectivity index (χ0v) is 18.3. The van der Waals surface area contributed by atoms with Crippen LogP contribution in [-0.2, 0) is 19.0 Å². The molecule has 1 atom stereocenters. The molecule has 174 valence electrons. The van der Waals surface area contributed by atoms with E-state index in [0.717, 1.165) is 56.5 Å². The van der Waals surface area contributed by atoms with Gasteiger partial charge in [0, 0.05) is 13.2 Å². The zero-order valence-electron chi connectivity index (χ0n) is 18.3. The predicted molar refractivity (Wildman–Crippen MR) is 116 cm³/mol. The van der Waals surface area contributed by atoms with Gasteiger partial charge in [-0.2, -0.15) is 13.2 Å². The first-order chi connectivity index (χ1) is 15.3. The first-order valence-corrected chi connectivity index (χ1v) is 11.1. The van der Waals surface area contributed by atoms with E-state index in [9.17, 15) is 18.3 Å². The summed E-state index contributed by atoms with van der Waals surface area (Å²) in [6.45, 7) is 5.11. The van der Waals surface area contributed by atoms with E-state index in [1.54, 1.807) is 6.07 Å². The molecular weight excluding hydrogens is 419 g/mol. The first kappa shape index (κ1) is 22.9. The molecule has 2 aromatic rings. The fraction of sp³-hybridized carbons (Fsp3) is 0.520. The third kappa shape index (κ3) is 5.38. The predicted octanol–water partition coefficient (Wildman–Crippen LogP) is 4.93. The van der Waals surface area contributed by atoms with Crippen molar-refractivity contribution in [3.63, 3.8) is 0 Å². The Bertz CT molecular complexity index is 923. The van der Waals surface area contributed by atoms with Crippen LogP contribution in [-0.4, -0.2) is 43.0 Å². The molecule has 0 aliphatic carbocycles. The Hall–Kier alpha value is -2.25. The molecule has 0 aromatic heterocycles. The number of hydrogen-bond acceptors (Lipinski definition) is 4. The van der Waals surface area contributed by atoms with E-state index in [2.05, 4.69) is 17.9 Å². The second-order valence-electron chi connectivity index (χ2n) is 9.33. The summed E-state index contributed by atoms with van der Waals surface area (Å²) < 4.78 is 50.0. The highest BCUT2D eigenvalue weighted by Crippen LogP contribution is 2.37. The molecule has 4 rings (SSSR count). The van der Waals surface area contributed by atoms with Gasteiger partial charge in [-0.3, -0.25) is 0 Å². The summed E-state index contributed by atoms with van der Waals surface area (Å²) in [5.41, 5.74) is 0.866. The lowest BCUT2D eigenvalue weighted by Crippen LogP contribution is -2.44. The minimum atomic E-state index is -4.35. The maximum atomic E-state index is 13.0. The molecule has 0 spiro atoms. The number of hydrogen-bond donors (Lipinski definition) is 1. The van der Waals surface area contributed by atoms with E-state index in [1.807, 2.05) is 12.1 Å². The number of halogens is 3. The molecule has 0 saturated carbocycles. The molecule has 0 unspecified atom stereocenters. The molecule has 2 heterocycles. The Balaban J connectivity index is 1.31. The minimum absolute atomic E-state index is 0.0101. The van der Waals surface area contributed by atoms with E-state index >= 15 is 0 Å². The van der Waals surface area contributed by atoms with Gasteiger partial charge in [0.05, 0.1) is 5.56 Å². The Morgan fingerprint density at radius 1 is 1.03 bits per heavy atom. The monoisotopic (exact) mass is 449 g/mol. The topological polar surface area (TPSA) is 41.9 Å². The first-order valence-electron chi connectivity index (χ1n) is 11.1. The summed E-state index contributed by atoms with van der Waals surface area (Å²) in [6.07, 6.45) is -1.40. The molecule has 2 aliphatic heterocycles. The lowest BCUT2D eigenvalue weighted by atomic mass is 9.74. The van der Waals surface area contributed by atoms with Crippen LogP contribution in [0.1, 0.15) is 36.5 Å². The molecule has 7 heteroatoms. The van der Waals surface area contributed by atoms with Crippen molar-refractivity contribution in [2.75, 3.05) is 33.0 Å². The largest absolute Gasteiger partial charge is 0.454 e. The van der Waals surface area contributed by atoms with Crippen LogP contribution in [0.15, 0.2) is 42.5 Å². The lowest BCUT2D eigenvalue weighted by molar-refractivity contribution is -0.137. The van der Waals surface area contributed by atoms with Crippen LogP contribution < -0.4 is 9.47 Å². The molecule has 0 bridgehead atoms. The maximum absolute atomic E-state index is 13.0. The Morgan fingerprint density at radius 2 is 1.78 bits per heavy atom. The SMILES string of the molecule is C[C@H](Cc1ccc2c(c1)OCO2)CN1CCC(CO)(Cc2cccc(C(F)(F)F)c2)CC1. The summed E-state index contributed by atoms with van der Waals surface area (Å²) in [4.78, 5) is 2.40. The summed E-state index contributed by atoms with van der Waals surface area (Å²) in [5.74, 6) is 2.04. The number of alkyl halides is 3. The molecular formula is C25H30F3NO3. The van der Waals surface area contributed by atoms with Crippen LogP contribution in [0.5, 0.6) is 11.5 Å². The molecule has 2 aliphatic rings. The quantitative estimate of drug-likeness (QED) is 0.651. The highest BCUT2D eigenvalue weighted by atomic mass is 19.4. The van der Waals surface area contributed by atoms with Crippen molar-refractivity contribution >= 4 is 0 Å². The Labute approximate surface area is 186 Å². The average molecular weight is 450 g/mol. The third-order valence-corrected chi connectivity index (χ3v) is 6.68. The van der Waals surface area contributed by atoms with Gasteiger partial charge in [-0.05, 0) is 79.4 Å². The van der Waals surface area contributed by atoms with Gasteiger partial charge >= 0.3 is 6.18 Å². The molecule has 32 heavy (non-hydrogen) atoms. The van der Waals surface area contributed by atoms with Gasteiger partial charge in [0.15, 0.2) is 11.5 Å². The van der Waals surface area contributed by atoms with Gasteiger partial charge in [0.1, 0.15) is 0 Å². The Kier molecular flexibility index (Phi) is 6.67. The number of piperidine rings is 1. The summed E-state index contributed by atoms with van der Waals surface area (Å²) in [6, 6.07) is 11.6. The van der Waals surface area contributed by atoms with Crippen molar-refractivity contribution in [2.45, 2.75) is 38.8 Å². The van der Waals surface area contributed by atoms with Crippen molar-refractivity contribution < 1.29 is 27.8 Å². The van der Waals surface area contributed by atoms with E-state index in [4.69, 9.17) is 9.47 Å². The van der Waals surface area contributed by atoms with Crippen molar-refractivity contribution in [2.24, 2.45) is 11.3 Å². The average Bonchev–Trinajstić information content (AvgIpc) is 3.23. The maximum Gasteiger partial charge on any atom is 0.416 e. The number of aliphatic hydroxyl groups excluding tert-OH is 1. The smallest absolute Gasteiger partial charge is 0.416 e. The van der Waals surface area contributed by atoms with E-state index in [1.165, 1.54) is 17.7 Å². The van der Waals surface area contributed by atoms with Gasteiger partial charge in [-0.1, -0.05) is 31.2 Å². The van der Waals surface area contributed by atoms with Crippen molar-refractivity contribution in [1.29, 1.82) is 0 Å². The Morgan fingerprint density at radius 3 is 2.50 bits per heavy atom. The molecule has 0 radical (unpaired) electrons. The molecule has 2 aromatic carbocycles. The molecule has 1 saturated heterocycles. The number of benzene rings is 2. The number of likely N-dealkylation sites (tertiary alicyclic amines) is 1. The highest BCUT2D eigenvalue weighted by Gasteiger charge is 2.36. The summed E-state index contributed by atoms with van der Waals surface area (Å²) in [5, 5.41) is 10.1. The highest BCUT2D eigenvalue weighted by molar-refractivity contribution is 5.44. The van der Waals surface area contributed by atoms with Crippen LogP contribution >= 0.6 is 0 Å². The van der Waals surface area contributed by atoms with Crippen molar-refractivity contribution in [3.05, 3.63) is 59.2 Å². The van der Waals surface area contributed by atoms with Gasteiger partial charge in [-0.15, -0.1) is 0 Å². The lowest BCUT2D eigenvalue weighted by Gasteiger charge is -2.41. The number of fused-ring (bicyclic) bond motifs is 1. The summed E-state index contributed by atoms with van der Waals surface area (Å²) in [7, 11) is 0. The van der Waals surface area contributed by atoms with Gasteiger partial charge in [-0.25, -0.2) is 0 Å². The minimum Gasteiger partial charge on any atom is -0.454 e. The third-order valence-electron chi connectivity index (χ3n) is 6.68. The van der Waals surface area contributed by atoms with Crippen LogP contribution in [0.4, 0.5) is 13.2 Å². The van der Waals surface area contributed by atoms with Crippen LogP contribution in [0.2, 0.25) is 0 Å². The normalized spacial score (nSPS) is 19.2. The second kappa shape index (κ2) is 9.32. The second-order valence-corrected chi connectivity index (χ2v) is 9.33. The molecule has 1 N–H and O–H groups in total. The van der Waals surface area contributed by atoms with Crippen molar-refractivity contribution in [1.82, 2.24) is 4.90 Å². The van der Waals surface area contributed by atoms with E-state index in [-0.39, 0.29) is 18.8 Å². The van der Waals surface area contributed by atoms with Crippen molar-refractivity contribution in [3.8, 4) is 11.5 Å². The standard InChI is InChI=1S/C25H30F3NO3/c1-18(11-19-5-6-22-23(13-19)32-17-31-22)15-29-9-7-24(16-30,8-10-29)14-20-3-2-4-21(12-20)25(26,27)28/h2-6,12-13,18,30H,7-11,14-17H2,1H3/t18-/m1/s1. The molecule has 0 amide bonds. The fourth-order valence-electron chi connectivity index (χ4n) is 4.87. The van der Waals surface area contributed by atoms with Gasteiger partial charge < -0.3 is 19.5 Å². The van der Waals surface area contributed by atoms with Crippen LogP contribution in [0.3, 0.4) is 0 Å². The number of rotatable bonds is 7. The van der Waals surface area contributed by atoms with Crippen LogP contribution in [0.25, 0.3) is 0 Å². The fourth-order valence-corrected chi connectivity index (χ4v) is 4.87. The van der Waals surface area contributed by atoms with E-state index in [0.29, 0.717) is 17.9 Å². The van der Waals surface area contributed by atoms with Gasteiger partial charge in [0.25, 0.3) is 0 Å². The van der Waals surface area contributed by atoms with Gasteiger partial charge in [0.2, 0.25) is 6.79 Å². The summed E-state index contributed by atoms with van der Waals surface area (Å²) >= 11 is 0. The number of nitrogens with zero attached hydrogens (tertiary/aromatic N) is 1. The van der Waals surface area contributed by atoms with Crippen LogP contribution in [0, 0.1) is 11.3 Å². The number of ether oxygens (including phenoxy) is 2. The zero-order chi connectivity index (χ0) is 22.8.